The van der Waals surface area contributed by atoms with Gasteiger partial charge < -0.3 is 10.6 Å². The van der Waals surface area contributed by atoms with Gasteiger partial charge >= 0.3 is 0 Å². The third-order valence-electron chi connectivity index (χ3n) is 4.01. The van der Waals surface area contributed by atoms with Crippen molar-refractivity contribution in [2.75, 3.05) is 10.6 Å². The molecule has 0 aliphatic carbocycles. The van der Waals surface area contributed by atoms with Crippen molar-refractivity contribution in [3.8, 4) is 5.69 Å². The van der Waals surface area contributed by atoms with Crippen LogP contribution in [0.4, 0.5) is 11.5 Å². The summed E-state index contributed by atoms with van der Waals surface area (Å²) < 4.78 is 1.46. The van der Waals surface area contributed by atoms with Gasteiger partial charge in [0, 0.05) is 23.0 Å². The Balaban J connectivity index is 1.48. The first-order valence-corrected chi connectivity index (χ1v) is 8.66. The van der Waals surface area contributed by atoms with Crippen LogP contribution in [0.3, 0.4) is 0 Å². The molecule has 2 heterocycles. The van der Waals surface area contributed by atoms with Crippen LogP contribution in [-0.4, -0.2) is 37.0 Å². The number of hydrogen-bond acceptors (Lipinski definition) is 6. The summed E-state index contributed by atoms with van der Waals surface area (Å²) in [5.74, 6) is -0.186. The first-order chi connectivity index (χ1) is 14.2. The highest BCUT2D eigenvalue weighted by Gasteiger charge is 2.11. The van der Waals surface area contributed by atoms with Crippen molar-refractivity contribution >= 4 is 23.3 Å². The molecule has 4 aromatic rings. The molecule has 0 saturated heterocycles. The summed E-state index contributed by atoms with van der Waals surface area (Å²) in [6, 6.07) is 18.8. The number of benzene rings is 2. The van der Waals surface area contributed by atoms with Crippen molar-refractivity contribution in [1.82, 2.24) is 25.2 Å². The second-order valence-corrected chi connectivity index (χ2v) is 6.01. The molecule has 0 saturated carbocycles. The summed E-state index contributed by atoms with van der Waals surface area (Å²) in [7, 11) is 0. The van der Waals surface area contributed by atoms with E-state index in [9.17, 15) is 9.59 Å². The molecule has 0 aliphatic heterocycles. The fourth-order valence-electron chi connectivity index (χ4n) is 2.64. The van der Waals surface area contributed by atoms with Crippen molar-refractivity contribution in [3.05, 3.63) is 90.4 Å². The summed E-state index contributed by atoms with van der Waals surface area (Å²) in [6.07, 6.45) is 3.04. The number of carbonyl (C=O) groups is 2. The topological polar surface area (TPSA) is 115 Å². The molecule has 2 aromatic carbocycles. The lowest BCUT2D eigenvalue weighted by Gasteiger charge is -2.09. The summed E-state index contributed by atoms with van der Waals surface area (Å²) in [4.78, 5) is 29.1. The molecular formula is C20H15N7O2. The Kier molecular flexibility index (Phi) is 5.02. The number of anilines is 2. The molecule has 0 atom stereocenters. The zero-order valence-electron chi connectivity index (χ0n) is 15.1. The van der Waals surface area contributed by atoms with Gasteiger partial charge in [0.2, 0.25) is 0 Å². The molecule has 9 heteroatoms. The number of hydrogen-bond donors (Lipinski definition) is 2. The SMILES string of the molecule is O=C(Nc1cccc(C(=O)Nc2ccccn2)c1)c1cccc(-n2cnnn2)c1. The van der Waals surface area contributed by atoms with Gasteiger partial charge in [-0.25, -0.2) is 9.67 Å². The molecule has 0 spiro atoms. The number of rotatable bonds is 5. The number of carbonyl (C=O) groups excluding carboxylic acids is 2. The van der Waals surface area contributed by atoms with E-state index in [2.05, 4.69) is 31.1 Å². The lowest BCUT2D eigenvalue weighted by atomic mass is 10.1. The second-order valence-electron chi connectivity index (χ2n) is 6.01. The van der Waals surface area contributed by atoms with Crippen molar-refractivity contribution in [2.45, 2.75) is 0 Å². The highest BCUT2D eigenvalue weighted by atomic mass is 16.2. The number of aromatic nitrogens is 5. The van der Waals surface area contributed by atoms with Gasteiger partial charge in [-0.2, -0.15) is 0 Å². The van der Waals surface area contributed by atoms with E-state index >= 15 is 0 Å². The first kappa shape index (κ1) is 18.0. The number of nitrogens with zero attached hydrogens (tertiary/aromatic N) is 5. The standard InChI is InChI=1S/C20H15N7O2/c28-19(15-6-4-8-17(12-15)27-13-22-25-26-27)23-16-7-3-5-14(11-16)20(29)24-18-9-1-2-10-21-18/h1-13H,(H,23,28)(H,21,24,29). The molecule has 142 valence electrons. The summed E-state index contributed by atoms with van der Waals surface area (Å²) in [5, 5.41) is 16.5. The van der Waals surface area contributed by atoms with Crippen molar-refractivity contribution in [1.29, 1.82) is 0 Å². The van der Waals surface area contributed by atoms with E-state index in [1.165, 1.54) is 11.0 Å². The van der Waals surface area contributed by atoms with E-state index in [4.69, 9.17) is 0 Å². The van der Waals surface area contributed by atoms with Gasteiger partial charge in [-0.05, 0) is 59.0 Å². The van der Waals surface area contributed by atoms with Crippen LogP contribution in [0.15, 0.2) is 79.3 Å². The van der Waals surface area contributed by atoms with E-state index in [0.29, 0.717) is 28.3 Å². The zero-order chi connectivity index (χ0) is 20.1. The summed E-state index contributed by atoms with van der Waals surface area (Å²) in [5.41, 5.74) is 1.99. The maximum atomic E-state index is 12.6. The first-order valence-electron chi connectivity index (χ1n) is 8.66. The fourth-order valence-corrected chi connectivity index (χ4v) is 2.64. The average molecular weight is 385 g/mol. The fraction of sp³-hybridized carbons (Fsp3) is 0. The minimum absolute atomic E-state index is 0.317. The largest absolute Gasteiger partial charge is 0.322 e. The van der Waals surface area contributed by atoms with E-state index in [1.807, 2.05) is 0 Å². The van der Waals surface area contributed by atoms with Crippen LogP contribution in [0, 0.1) is 0 Å². The van der Waals surface area contributed by atoms with E-state index in [1.54, 1.807) is 72.9 Å². The molecule has 29 heavy (non-hydrogen) atoms. The molecule has 4 rings (SSSR count). The van der Waals surface area contributed by atoms with Crippen LogP contribution in [0.2, 0.25) is 0 Å². The molecule has 0 bridgehead atoms. The minimum Gasteiger partial charge on any atom is -0.322 e. The molecule has 2 amide bonds. The van der Waals surface area contributed by atoms with Crippen LogP contribution in [-0.2, 0) is 0 Å². The third-order valence-corrected chi connectivity index (χ3v) is 4.01. The van der Waals surface area contributed by atoms with Gasteiger partial charge in [-0.1, -0.05) is 18.2 Å². The van der Waals surface area contributed by atoms with Crippen LogP contribution >= 0.6 is 0 Å². The Morgan fingerprint density at radius 1 is 0.828 bits per heavy atom. The normalized spacial score (nSPS) is 10.3. The van der Waals surface area contributed by atoms with Gasteiger partial charge in [-0.15, -0.1) is 5.10 Å². The molecule has 2 aromatic heterocycles. The van der Waals surface area contributed by atoms with Crippen molar-refractivity contribution in [2.24, 2.45) is 0 Å². The average Bonchev–Trinajstić information content (AvgIpc) is 3.30. The second kappa shape index (κ2) is 8.09. The van der Waals surface area contributed by atoms with E-state index < -0.39 is 0 Å². The van der Waals surface area contributed by atoms with Gasteiger partial charge in [-0.3, -0.25) is 9.59 Å². The van der Waals surface area contributed by atoms with Crippen LogP contribution < -0.4 is 10.6 Å². The monoisotopic (exact) mass is 385 g/mol. The van der Waals surface area contributed by atoms with Crippen LogP contribution in [0.25, 0.3) is 5.69 Å². The van der Waals surface area contributed by atoms with E-state index in [0.717, 1.165) is 0 Å². The van der Waals surface area contributed by atoms with Crippen LogP contribution in [0.1, 0.15) is 20.7 Å². The van der Waals surface area contributed by atoms with E-state index in [-0.39, 0.29) is 11.8 Å². The Morgan fingerprint density at radius 3 is 2.38 bits per heavy atom. The number of pyridine rings is 1. The van der Waals surface area contributed by atoms with Gasteiger partial charge in [0.15, 0.2) is 0 Å². The lowest BCUT2D eigenvalue weighted by molar-refractivity contribution is 0.101. The maximum absolute atomic E-state index is 12.6. The Bertz CT molecular complexity index is 1140. The smallest absolute Gasteiger partial charge is 0.256 e. The molecular weight excluding hydrogens is 370 g/mol. The predicted molar refractivity (Wildman–Crippen MR) is 106 cm³/mol. The predicted octanol–water partition coefficient (Wildman–Crippen LogP) is 2.56. The molecule has 0 aliphatic rings. The van der Waals surface area contributed by atoms with Gasteiger partial charge in [0.25, 0.3) is 11.8 Å². The molecule has 0 radical (unpaired) electrons. The zero-order valence-corrected chi connectivity index (χ0v) is 15.1. The van der Waals surface area contributed by atoms with Gasteiger partial charge in [0.05, 0.1) is 5.69 Å². The number of amides is 2. The van der Waals surface area contributed by atoms with Gasteiger partial charge in [0.1, 0.15) is 12.1 Å². The highest BCUT2D eigenvalue weighted by molar-refractivity contribution is 6.07. The molecule has 2 N–H and O–H groups in total. The number of nitrogens with one attached hydrogen (secondary N) is 2. The summed E-state index contributed by atoms with van der Waals surface area (Å²) >= 11 is 0. The Labute approximate surface area is 165 Å². The minimum atomic E-state index is -0.319. The molecule has 0 fully saturated rings. The third kappa shape index (κ3) is 4.30. The highest BCUT2D eigenvalue weighted by Crippen LogP contribution is 2.15. The lowest BCUT2D eigenvalue weighted by Crippen LogP contribution is -2.15. The summed E-state index contributed by atoms with van der Waals surface area (Å²) in [6.45, 7) is 0. The van der Waals surface area contributed by atoms with Crippen molar-refractivity contribution < 1.29 is 9.59 Å². The van der Waals surface area contributed by atoms with Crippen LogP contribution in [0.5, 0.6) is 0 Å². The number of tetrazole rings is 1. The van der Waals surface area contributed by atoms with Crippen molar-refractivity contribution in [3.63, 3.8) is 0 Å². The molecule has 9 nitrogen and oxygen atoms in total. The maximum Gasteiger partial charge on any atom is 0.256 e. The Hall–Kier alpha value is -4.40. The quantitative estimate of drug-likeness (QED) is 0.546. The Morgan fingerprint density at radius 2 is 1.62 bits per heavy atom. The molecule has 0 unspecified atom stereocenters.